The minimum atomic E-state index is -0.507. The highest BCUT2D eigenvalue weighted by Crippen LogP contribution is 2.37. The second kappa shape index (κ2) is 8.77. The van der Waals surface area contributed by atoms with Gasteiger partial charge >= 0.3 is 5.97 Å². The molecule has 0 bridgehead atoms. The molecule has 0 amide bonds. The van der Waals surface area contributed by atoms with Crippen LogP contribution >= 0.6 is 23.4 Å². The SMILES string of the molecule is CCOC(=O)c1cc(C(C)/C(=C\NN)Sc2ccc(Cl)cc2)on1. The van der Waals surface area contributed by atoms with E-state index in [-0.39, 0.29) is 18.2 Å². The van der Waals surface area contributed by atoms with Crippen LogP contribution in [0.4, 0.5) is 0 Å². The molecular weight excluding hydrogens is 350 g/mol. The number of carbonyl (C=O) groups is 1. The summed E-state index contributed by atoms with van der Waals surface area (Å²) in [5.74, 6) is 5.32. The van der Waals surface area contributed by atoms with E-state index in [1.54, 1.807) is 19.2 Å². The molecule has 6 nitrogen and oxygen atoms in total. The molecule has 0 aliphatic heterocycles. The van der Waals surface area contributed by atoms with Gasteiger partial charge in [0.1, 0.15) is 5.76 Å². The molecule has 0 aliphatic rings. The Balaban J connectivity index is 2.17. The van der Waals surface area contributed by atoms with E-state index in [4.69, 9.17) is 26.7 Å². The van der Waals surface area contributed by atoms with Gasteiger partial charge in [-0.2, -0.15) is 0 Å². The van der Waals surface area contributed by atoms with Crippen molar-refractivity contribution in [3.63, 3.8) is 0 Å². The molecule has 1 atom stereocenters. The molecule has 0 saturated heterocycles. The summed E-state index contributed by atoms with van der Waals surface area (Å²) in [4.78, 5) is 13.6. The molecule has 1 aromatic carbocycles. The Bertz CT molecular complexity index is 716. The first-order valence-corrected chi connectivity index (χ1v) is 8.48. The van der Waals surface area contributed by atoms with Gasteiger partial charge in [-0.05, 0) is 31.2 Å². The lowest BCUT2D eigenvalue weighted by atomic mass is 10.1. The highest BCUT2D eigenvalue weighted by molar-refractivity contribution is 8.03. The van der Waals surface area contributed by atoms with Crippen molar-refractivity contribution in [3.05, 3.63) is 57.9 Å². The lowest BCUT2D eigenvalue weighted by Crippen LogP contribution is -2.15. The zero-order chi connectivity index (χ0) is 17.5. The van der Waals surface area contributed by atoms with Crippen LogP contribution in [0.5, 0.6) is 0 Å². The van der Waals surface area contributed by atoms with Crippen LogP contribution < -0.4 is 11.3 Å². The third kappa shape index (κ3) is 4.77. The van der Waals surface area contributed by atoms with Gasteiger partial charge in [-0.3, -0.25) is 5.84 Å². The second-order valence-electron chi connectivity index (χ2n) is 4.83. The van der Waals surface area contributed by atoms with Crippen LogP contribution in [0.2, 0.25) is 5.02 Å². The lowest BCUT2D eigenvalue weighted by molar-refractivity contribution is 0.0514. The largest absolute Gasteiger partial charge is 0.461 e. The van der Waals surface area contributed by atoms with E-state index in [0.29, 0.717) is 10.8 Å². The average molecular weight is 368 g/mol. The number of thioether (sulfide) groups is 1. The maximum Gasteiger partial charge on any atom is 0.360 e. The van der Waals surface area contributed by atoms with E-state index in [0.717, 1.165) is 9.80 Å². The third-order valence-electron chi connectivity index (χ3n) is 3.14. The Morgan fingerprint density at radius 3 is 2.83 bits per heavy atom. The molecule has 0 saturated carbocycles. The molecule has 1 heterocycles. The van der Waals surface area contributed by atoms with Crippen molar-refractivity contribution in [3.8, 4) is 0 Å². The number of halogens is 1. The first-order chi connectivity index (χ1) is 11.5. The molecule has 0 fully saturated rings. The predicted octanol–water partition coefficient (Wildman–Crippen LogP) is 3.71. The lowest BCUT2D eigenvalue weighted by Gasteiger charge is -2.13. The molecule has 24 heavy (non-hydrogen) atoms. The standard InChI is InChI=1S/C16H18ClN3O3S/c1-3-22-16(21)13-8-14(23-20-13)10(2)15(9-19-18)24-12-6-4-11(17)5-7-12/h4-10,19H,3,18H2,1-2H3/b15-9+. The van der Waals surface area contributed by atoms with Crippen molar-refractivity contribution < 1.29 is 14.1 Å². The number of esters is 1. The molecule has 128 valence electrons. The third-order valence-corrected chi connectivity index (χ3v) is 4.61. The molecule has 1 aromatic heterocycles. The average Bonchev–Trinajstić information content (AvgIpc) is 3.06. The number of hydrogen-bond acceptors (Lipinski definition) is 7. The fourth-order valence-electron chi connectivity index (χ4n) is 1.90. The molecule has 3 N–H and O–H groups in total. The van der Waals surface area contributed by atoms with Crippen molar-refractivity contribution in [2.24, 2.45) is 5.84 Å². The van der Waals surface area contributed by atoms with Gasteiger partial charge in [0, 0.05) is 33.0 Å². The first kappa shape index (κ1) is 18.4. The van der Waals surface area contributed by atoms with Gasteiger partial charge in [0.15, 0.2) is 5.69 Å². The number of aromatic nitrogens is 1. The summed E-state index contributed by atoms with van der Waals surface area (Å²) in [6.07, 6.45) is 1.68. The molecule has 0 spiro atoms. The minimum absolute atomic E-state index is 0.148. The van der Waals surface area contributed by atoms with Gasteiger partial charge < -0.3 is 14.7 Å². The van der Waals surface area contributed by atoms with Crippen LogP contribution in [0.1, 0.15) is 36.0 Å². The van der Waals surface area contributed by atoms with Gasteiger partial charge in [0.2, 0.25) is 0 Å². The predicted molar refractivity (Wildman–Crippen MR) is 93.6 cm³/mol. The summed E-state index contributed by atoms with van der Waals surface area (Å²) in [7, 11) is 0. The van der Waals surface area contributed by atoms with E-state index in [2.05, 4.69) is 10.6 Å². The molecule has 2 rings (SSSR count). The summed E-state index contributed by atoms with van der Waals surface area (Å²) >= 11 is 7.41. The Morgan fingerprint density at radius 2 is 2.21 bits per heavy atom. The van der Waals surface area contributed by atoms with Crippen molar-refractivity contribution in [2.45, 2.75) is 24.7 Å². The minimum Gasteiger partial charge on any atom is -0.461 e. The summed E-state index contributed by atoms with van der Waals surface area (Å²) in [6.45, 7) is 3.95. The maximum absolute atomic E-state index is 11.7. The van der Waals surface area contributed by atoms with E-state index >= 15 is 0 Å². The zero-order valence-electron chi connectivity index (χ0n) is 13.3. The van der Waals surface area contributed by atoms with Gasteiger partial charge in [-0.15, -0.1) is 0 Å². The Labute approximate surface area is 149 Å². The summed E-state index contributed by atoms with van der Waals surface area (Å²) in [5, 5.41) is 4.43. The number of carbonyl (C=O) groups excluding carboxylic acids is 1. The van der Waals surface area contributed by atoms with Gasteiger partial charge in [0.25, 0.3) is 0 Å². The van der Waals surface area contributed by atoms with E-state index in [9.17, 15) is 4.79 Å². The van der Waals surface area contributed by atoms with Crippen molar-refractivity contribution in [1.29, 1.82) is 0 Å². The number of ether oxygens (including phenoxy) is 1. The normalized spacial score (nSPS) is 12.8. The molecule has 0 radical (unpaired) electrons. The van der Waals surface area contributed by atoms with Crippen molar-refractivity contribution >= 4 is 29.3 Å². The number of nitrogens with zero attached hydrogens (tertiary/aromatic N) is 1. The monoisotopic (exact) mass is 367 g/mol. The summed E-state index contributed by atoms with van der Waals surface area (Å²) in [6, 6.07) is 9.03. The number of rotatable bonds is 7. The summed E-state index contributed by atoms with van der Waals surface area (Å²) in [5.41, 5.74) is 2.69. The smallest absolute Gasteiger partial charge is 0.360 e. The number of nitrogens with one attached hydrogen (secondary N) is 1. The van der Waals surface area contributed by atoms with Crippen LogP contribution in [0.15, 0.2) is 50.9 Å². The van der Waals surface area contributed by atoms with Crippen LogP contribution in [0, 0.1) is 0 Å². The topological polar surface area (TPSA) is 90.4 Å². The highest BCUT2D eigenvalue weighted by atomic mass is 35.5. The molecule has 0 aliphatic carbocycles. The fourth-order valence-corrected chi connectivity index (χ4v) is 2.99. The molecular formula is C16H18ClN3O3S. The second-order valence-corrected chi connectivity index (χ2v) is 6.41. The molecule has 2 aromatic rings. The number of hydrogen-bond donors (Lipinski definition) is 2. The Morgan fingerprint density at radius 1 is 1.50 bits per heavy atom. The summed E-state index contributed by atoms with van der Waals surface area (Å²) < 4.78 is 10.2. The Hall–Kier alpha value is -1.96. The number of nitrogens with two attached hydrogens (primary N) is 1. The molecule has 8 heteroatoms. The van der Waals surface area contributed by atoms with E-state index in [1.165, 1.54) is 11.8 Å². The maximum atomic E-state index is 11.7. The van der Waals surface area contributed by atoms with Crippen LogP contribution in [-0.2, 0) is 4.74 Å². The van der Waals surface area contributed by atoms with Gasteiger partial charge in [-0.25, -0.2) is 4.79 Å². The van der Waals surface area contributed by atoms with Gasteiger partial charge in [0.05, 0.1) is 6.61 Å². The fraction of sp³-hybridized carbons (Fsp3) is 0.250. The molecule has 1 unspecified atom stereocenters. The van der Waals surface area contributed by atoms with Gasteiger partial charge in [-0.1, -0.05) is 35.4 Å². The first-order valence-electron chi connectivity index (χ1n) is 7.28. The zero-order valence-corrected chi connectivity index (χ0v) is 14.9. The number of benzene rings is 1. The van der Waals surface area contributed by atoms with E-state index in [1.807, 2.05) is 31.2 Å². The quantitative estimate of drug-likeness (QED) is 0.333. The van der Waals surface area contributed by atoms with Crippen LogP contribution in [0.25, 0.3) is 0 Å². The van der Waals surface area contributed by atoms with Crippen molar-refractivity contribution in [2.75, 3.05) is 6.61 Å². The van der Waals surface area contributed by atoms with Crippen molar-refractivity contribution in [1.82, 2.24) is 10.6 Å². The van der Waals surface area contributed by atoms with Crippen LogP contribution in [-0.4, -0.2) is 17.7 Å². The van der Waals surface area contributed by atoms with Crippen LogP contribution in [0.3, 0.4) is 0 Å². The number of hydrazine groups is 1. The number of allylic oxidation sites excluding steroid dienone is 1. The van der Waals surface area contributed by atoms with E-state index < -0.39 is 5.97 Å². The Kier molecular flexibility index (Phi) is 6.72. The highest BCUT2D eigenvalue weighted by Gasteiger charge is 2.21.